The number of ketones is 3. The van der Waals surface area contributed by atoms with E-state index in [1.54, 1.807) is 0 Å². The molecule has 0 heterocycles. The van der Waals surface area contributed by atoms with Gasteiger partial charge in [0.1, 0.15) is 6.10 Å². The molecule has 0 spiro atoms. The third-order valence-electron chi connectivity index (χ3n) is 4.96. The van der Waals surface area contributed by atoms with Crippen molar-refractivity contribution in [2.45, 2.75) is 97.0 Å². The Morgan fingerprint density at radius 2 is 1.33 bits per heavy atom. The smallest absolute Gasteiger partial charge is 0.230 e. The molecule has 0 fully saturated rings. The lowest BCUT2D eigenvalue weighted by molar-refractivity contribution is -0.127. The Kier molecular flexibility index (Phi) is 10.9. The van der Waals surface area contributed by atoms with Crippen LogP contribution in [0.5, 0.6) is 0 Å². The fraction of sp³-hybridized carbons (Fsp3) is 0.682. The average Bonchev–Trinajstić information content (AvgIpc) is 2.65. The van der Waals surface area contributed by atoms with Crippen molar-refractivity contribution in [2.75, 3.05) is 0 Å². The fourth-order valence-electron chi connectivity index (χ4n) is 3.29. The van der Waals surface area contributed by atoms with Gasteiger partial charge >= 0.3 is 0 Å². The van der Waals surface area contributed by atoms with E-state index in [1.807, 2.05) is 0 Å². The Balaban J connectivity index is 2.82. The van der Waals surface area contributed by atoms with Gasteiger partial charge in [-0.3, -0.25) is 14.4 Å². The van der Waals surface area contributed by atoms with Crippen LogP contribution in [0.15, 0.2) is 23.0 Å². The quantitative estimate of drug-likeness (QED) is 0.433. The average molecular weight is 379 g/mol. The maximum atomic E-state index is 12.6. The van der Waals surface area contributed by atoms with Gasteiger partial charge in [0.25, 0.3) is 0 Å². The summed E-state index contributed by atoms with van der Waals surface area (Å²) in [5, 5.41) is 19.9. The first-order valence-electron chi connectivity index (χ1n) is 10.4. The molecule has 0 aromatic rings. The molecule has 2 N–H and O–H groups in total. The normalized spacial score (nSPS) is 17.2. The van der Waals surface area contributed by atoms with E-state index in [4.69, 9.17) is 0 Å². The van der Waals surface area contributed by atoms with Crippen molar-refractivity contribution in [3.05, 3.63) is 23.0 Å². The van der Waals surface area contributed by atoms with Crippen LogP contribution < -0.4 is 0 Å². The number of rotatable bonds is 14. The number of carbonyl (C=O) groups excluding carboxylic acids is 3. The number of carbonyl (C=O) groups is 3. The zero-order valence-corrected chi connectivity index (χ0v) is 16.8. The standard InChI is InChI=1S/C22H34O5/c1-3-5-7-9-11-13-17(23)16-15-19(25)21(26)22(27)20(16)18(24)14-12-10-8-6-4-2/h15,22,25,27H,3-14H2,1-2H3. The van der Waals surface area contributed by atoms with Crippen molar-refractivity contribution in [2.24, 2.45) is 0 Å². The summed E-state index contributed by atoms with van der Waals surface area (Å²) in [5.74, 6) is -2.23. The second-order valence-corrected chi connectivity index (χ2v) is 7.30. The highest BCUT2D eigenvalue weighted by atomic mass is 16.3. The zero-order chi connectivity index (χ0) is 20.2. The molecule has 5 nitrogen and oxygen atoms in total. The molecule has 1 aliphatic rings. The van der Waals surface area contributed by atoms with E-state index in [0.717, 1.165) is 57.4 Å². The van der Waals surface area contributed by atoms with Crippen LogP contribution in [0, 0.1) is 0 Å². The highest BCUT2D eigenvalue weighted by Crippen LogP contribution is 2.26. The summed E-state index contributed by atoms with van der Waals surface area (Å²) in [4.78, 5) is 37.1. The van der Waals surface area contributed by atoms with E-state index in [2.05, 4.69) is 13.8 Å². The largest absolute Gasteiger partial charge is 0.504 e. The summed E-state index contributed by atoms with van der Waals surface area (Å²) in [6.45, 7) is 4.23. The van der Waals surface area contributed by atoms with Gasteiger partial charge in [-0.1, -0.05) is 65.2 Å². The van der Waals surface area contributed by atoms with Crippen LogP contribution >= 0.6 is 0 Å². The summed E-state index contributed by atoms with van der Waals surface area (Å²) in [6, 6.07) is 0. The third-order valence-corrected chi connectivity index (χ3v) is 4.96. The number of hydrogen-bond donors (Lipinski definition) is 2. The molecule has 1 aliphatic carbocycles. The van der Waals surface area contributed by atoms with Crippen LogP contribution in [0.3, 0.4) is 0 Å². The van der Waals surface area contributed by atoms with Gasteiger partial charge in [-0.25, -0.2) is 0 Å². The maximum absolute atomic E-state index is 12.6. The van der Waals surface area contributed by atoms with Crippen molar-refractivity contribution < 1.29 is 24.6 Å². The van der Waals surface area contributed by atoms with Crippen LogP contribution in [0.25, 0.3) is 0 Å². The lowest BCUT2D eigenvalue weighted by Crippen LogP contribution is -2.34. The molecule has 0 bridgehead atoms. The van der Waals surface area contributed by atoms with Crippen LogP contribution in [-0.2, 0) is 14.4 Å². The number of Topliss-reactive ketones (excluding diaryl/α,β-unsaturated/α-hetero) is 3. The van der Waals surface area contributed by atoms with Gasteiger partial charge in [0.15, 0.2) is 17.3 Å². The third kappa shape index (κ3) is 7.41. The van der Waals surface area contributed by atoms with Crippen molar-refractivity contribution in [3.8, 4) is 0 Å². The minimum atomic E-state index is -1.74. The number of aliphatic hydroxyl groups is 2. The summed E-state index contributed by atoms with van der Waals surface area (Å²) < 4.78 is 0. The maximum Gasteiger partial charge on any atom is 0.230 e. The SMILES string of the molecule is CCCCCCCC(=O)C1=C(C(=O)CCCCCCC)C(O)C(=O)C(O)=C1. The molecule has 27 heavy (non-hydrogen) atoms. The molecule has 1 atom stereocenters. The number of allylic oxidation sites excluding steroid dienone is 2. The monoisotopic (exact) mass is 378 g/mol. The molecule has 0 saturated heterocycles. The van der Waals surface area contributed by atoms with Crippen LogP contribution in [0.4, 0.5) is 0 Å². The van der Waals surface area contributed by atoms with Crippen LogP contribution in [0.1, 0.15) is 90.9 Å². The minimum Gasteiger partial charge on any atom is -0.504 e. The summed E-state index contributed by atoms with van der Waals surface area (Å²) in [7, 11) is 0. The van der Waals surface area contributed by atoms with E-state index < -0.39 is 17.6 Å². The van der Waals surface area contributed by atoms with Crippen molar-refractivity contribution in [1.82, 2.24) is 0 Å². The van der Waals surface area contributed by atoms with Gasteiger partial charge in [0.2, 0.25) is 5.78 Å². The molecule has 1 rings (SSSR count). The van der Waals surface area contributed by atoms with E-state index in [9.17, 15) is 24.6 Å². The second-order valence-electron chi connectivity index (χ2n) is 7.30. The van der Waals surface area contributed by atoms with Gasteiger partial charge in [0, 0.05) is 24.0 Å². The Morgan fingerprint density at radius 1 is 0.852 bits per heavy atom. The van der Waals surface area contributed by atoms with Crippen molar-refractivity contribution >= 4 is 17.3 Å². The van der Waals surface area contributed by atoms with Gasteiger partial charge in [-0.15, -0.1) is 0 Å². The van der Waals surface area contributed by atoms with Gasteiger partial charge in [-0.2, -0.15) is 0 Å². The number of aliphatic hydroxyl groups excluding tert-OH is 2. The summed E-state index contributed by atoms with van der Waals surface area (Å²) in [5.41, 5.74) is -0.125. The topological polar surface area (TPSA) is 91.7 Å². The predicted molar refractivity (Wildman–Crippen MR) is 106 cm³/mol. The van der Waals surface area contributed by atoms with E-state index in [0.29, 0.717) is 12.8 Å². The van der Waals surface area contributed by atoms with Gasteiger partial charge < -0.3 is 10.2 Å². The van der Waals surface area contributed by atoms with E-state index >= 15 is 0 Å². The molecule has 0 aromatic heterocycles. The lowest BCUT2D eigenvalue weighted by Gasteiger charge is -2.20. The van der Waals surface area contributed by atoms with E-state index in [1.165, 1.54) is 0 Å². The molecule has 0 amide bonds. The first-order chi connectivity index (χ1) is 12.9. The molecule has 0 radical (unpaired) electrons. The zero-order valence-electron chi connectivity index (χ0n) is 16.8. The summed E-state index contributed by atoms with van der Waals surface area (Å²) >= 11 is 0. The highest BCUT2D eigenvalue weighted by Gasteiger charge is 2.35. The van der Waals surface area contributed by atoms with Crippen LogP contribution in [0.2, 0.25) is 0 Å². The number of hydrogen-bond acceptors (Lipinski definition) is 5. The van der Waals surface area contributed by atoms with Crippen LogP contribution in [-0.4, -0.2) is 33.7 Å². The van der Waals surface area contributed by atoms with Crippen molar-refractivity contribution in [1.29, 1.82) is 0 Å². The molecule has 1 unspecified atom stereocenters. The first-order valence-corrected chi connectivity index (χ1v) is 10.4. The molecule has 0 saturated carbocycles. The van der Waals surface area contributed by atoms with Gasteiger partial charge in [0.05, 0.1) is 0 Å². The predicted octanol–water partition coefficient (Wildman–Crippen LogP) is 4.53. The molecule has 152 valence electrons. The second kappa shape index (κ2) is 12.6. The Bertz CT molecular complexity index is 586. The molecule has 0 aromatic carbocycles. The van der Waals surface area contributed by atoms with Gasteiger partial charge in [-0.05, 0) is 18.9 Å². The highest BCUT2D eigenvalue weighted by molar-refractivity contribution is 6.17. The summed E-state index contributed by atoms with van der Waals surface area (Å²) in [6.07, 6.45) is 9.48. The molecular formula is C22H34O5. The Labute approximate surface area is 162 Å². The lowest BCUT2D eigenvalue weighted by atomic mass is 9.85. The molecule has 5 heteroatoms. The van der Waals surface area contributed by atoms with Crippen molar-refractivity contribution in [3.63, 3.8) is 0 Å². The fourth-order valence-corrected chi connectivity index (χ4v) is 3.29. The Morgan fingerprint density at radius 3 is 1.85 bits per heavy atom. The molecule has 0 aliphatic heterocycles. The minimum absolute atomic E-state index is 0.00801. The first kappa shape index (κ1) is 23.3. The molecular weight excluding hydrogens is 344 g/mol. The Hall–Kier alpha value is -1.75. The number of unbranched alkanes of at least 4 members (excludes halogenated alkanes) is 8. The van der Waals surface area contributed by atoms with E-state index in [-0.39, 0.29) is 35.6 Å².